The molecule has 26 heavy (non-hydrogen) atoms. The second-order valence-corrected chi connectivity index (χ2v) is 9.62. The van der Waals surface area contributed by atoms with Crippen molar-refractivity contribution in [3.05, 3.63) is 11.6 Å². The van der Waals surface area contributed by atoms with Crippen LogP contribution in [0.2, 0.25) is 0 Å². The van der Waals surface area contributed by atoms with E-state index in [1.54, 1.807) is 0 Å². The molecule has 0 aromatic rings. The molecular formula is C21H31NO4. The number of hydrogen-bond donors (Lipinski definition) is 4. The average Bonchev–Trinajstić information content (AvgIpc) is 2.86. The Labute approximate surface area is 155 Å². The first-order valence-corrected chi connectivity index (χ1v) is 10.0. The normalized spacial score (nSPS) is 50.5. The fourth-order valence-corrected chi connectivity index (χ4v) is 7.31. The fraction of sp³-hybridized carbons (Fsp3) is 0.810. The molecule has 0 heterocycles. The molecule has 0 radical (unpaired) electrons. The highest BCUT2D eigenvalue weighted by Crippen LogP contribution is 2.67. The largest absolute Gasteiger partial charge is 0.393 e. The molecule has 0 bridgehead atoms. The van der Waals surface area contributed by atoms with Crippen LogP contribution in [0, 0.1) is 34.0 Å². The lowest BCUT2D eigenvalue weighted by atomic mass is 9.45. The zero-order valence-electron chi connectivity index (χ0n) is 15.8. The van der Waals surface area contributed by atoms with E-state index in [1.807, 2.05) is 13.0 Å². The van der Waals surface area contributed by atoms with Crippen LogP contribution >= 0.6 is 0 Å². The summed E-state index contributed by atoms with van der Waals surface area (Å²) in [6.07, 6.45) is 6.56. The monoisotopic (exact) mass is 361 g/mol. The summed E-state index contributed by atoms with van der Waals surface area (Å²) in [5.41, 5.74) is -0.293. The highest BCUT2D eigenvalue weighted by molar-refractivity contribution is 5.94. The van der Waals surface area contributed by atoms with Gasteiger partial charge >= 0.3 is 0 Å². The van der Waals surface area contributed by atoms with Gasteiger partial charge in [0.1, 0.15) is 12.2 Å². The number of Topliss-reactive ketones (excluding diaryl/α,β-unsaturated/α-hetero) is 1. The molecule has 5 heteroatoms. The topological polar surface area (TPSA) is 102 Å². The van der Waals surface area contributed by atoms with Gasteiger partial charge in [-0.15, -0.1) is 0 Å². The zero-order valence-corrected chi connectivity index (χ0v) is 15.8. The number of carbonyl (C=O) groups excluding carboxylic acids is 1. The predicted octanol–water partition coefficient (Wildman–Crippen LogP) is 2.23. The lowest BCUT2D eigenvalue weighted by Gasteiger charge is -2.60. The Morgan fingerprint density at radius 3 is 2.69 bits per heavy atom. The lowest BCUT2D eigenvalue weighted by molar-refractivity contribution is -0.181. The van der Waals surface area contributed by atoms with Gasteiger partial charge in [0, 0.05) is 11.1 Å². The molecule has 0 unspecified atom stereocenters. The van der Waals surface area contributed by atoms with Gasteiger partial charge in [-0.1, -0.05) is 19.4 Å². The van der Waals surface area contributed by atoms with E-state index < -0.39 is 29.5 Å². The number of aliphatic hydroxyl groups is 3. The van der Waals surface area contributed by atoms with Crippen molar-refractivity contribution in [2.75, 3.05) is 6.61 Å². The van der Waals surface area contributed by atoms with Gasteiger partial charge in [-0.05, 0) is 74.2 Å². The van der Waals surface area contributed by atoms with Gasteiger partial charge < -0.3 is 20.7 Å². The van der Waals surface area contributed by atoms with Gasteiger partial charge in [-0.2, -0.15) is 0 Å². The lowest BCUT2D eigenvalue weighted by Crippen LogP contribution is -2.62. The molecule has 4 aliphatic carbocycles. The summed E-state index contributed by atoms with van der Waals surface area (Å²) in [6, 6.07) is 0. The molecule has 4 aliphatic rings. The fourth-order valence-electron chi connectivity index (χ4n) is 7.31. The third kappa shape index (κ3) is 2.14. The van der Waals surface area contributed by atoms with Crippen LogP contribution < -0.4 is 0 Å². The minimum absolute atomic E-state index is 0.0874. The molecule has 144 valence electrons. The summed E-state index contributed by atoms with van der Waals surface area (Å²) in [4.78, 5) is 12.4. The van der Waals surface area contributed by atoms with Crippen molar-refractivity contribution >= 4 is 11.5 Å². The van der Waals surface area contributed by atoms with Crippen LogP contribution in [0.15, 0.2) is 11.6 Å². The van der Waals surface area contributed by atoms with E-state index in [0.717, 1.165) is 32.1 Å². The molecule has 7 atom stereocenters. The molecule has 4 rings (SSSR count). The van der Waals surface area contributed by atoms with Gasteiger partial charge in [0.2, 0.25) is 0 Å². The molecule has 0 aromatic heterocycles. The van der Waals surface area contributed by atoms with E-state index in [0.29, 0.717) is 18.6 Å². The number of carbonyl (C=O) groups is 1. The Kier molecular flexibility index (Phi) is 4.04. The molecule has 3 fully saturated rings. The first-order chi connectivity index (χ1) is 12.2. The first kappa shape index (κ1) is 18.3. The highest BCUT2D eigenvalue weighted by atomic mass is 16.3. The Balaban J connectivity index is 1.74. The molecule has 0 saturated heterocycles. The smallest absolute Gasteiger partial charge is 0.190 e. The number of hydrogen-bond acceptors (Lipinski definition) is 5. The summed E-state index contributed by atoms with van der Waals surface area (Å²) >= 11 is 0. The second-order valence-electron chi connectivity index (χ2n) is 9.62. The van der Waals surface area contributed by atoms with E-state index >= 15 is 0 Å². The van der Waals surface area contributed by atoms with Crippen LogP contribution in [0.5, 0.6) is 0 Å². The van der Waals surface area contributed by atoms with Crippen molar-refractivity contribution < 1.29 is 20.1 Å². The van der Waals surface area contributed by atoms with E-state index in [-0.39, 0.29) is 23.2 Å². The van der Waals surface area contributed by atoms with Crippen LogP contribution in [0.3, 0.4) is 0 Å². The third-order valence-electron chi connectivity index (χ3n) is 8.69. The molecule has 0 aliphatic heterocycles. The number of allylic oxidation sites excluding steroid dienone is 2. The molecular weight excluding hydrogens is 330 g/mol. The molecule has 0 amide bonds. The van der Waals surface area contributed by atoms with Gasteiger partial charge in [0.25, 0.3) is 0 Å². The van der Waals surface area contributed by atoms with E-state index in [2.05, 4.69) is 6.92 Å². The number of nitrogens with one attached hydrogen (secondary N) is 1. The summed E-state index contributed by atoms with van der Waals surface area (Å²) < 4.78 is 0. The average molecular weight is 361 g/mol. The van der Waals surface area contributed by atoms with Crippen molar-refractivity contribution in [1.29, 1.82) is 5.41 Å². The number of fused-ring (bicyclic) bond motifs is 5. The molecule has 4 N–H and O–H groups in total. The Bertz CT molecular complexity index is 687. The van der Waals surface area contributed by atoms with E-state index in [9.17, 15) is 20.1 Å². The van der Waals surface area contributed by atoms with Crippen LogP contribution in [0.4, 0.5) is 0 Å². The van der Waals surface area contributed by atoms with Gasteiger partial charge in [-0.3, -0.25) is 4.79 Å². The van der Waals surface area contributed by atoms with E-state index in [4.69, 9.17) is 5.41 Å². The highest BCUT2D eigenvalue weighted by Gasteiger charge is 2.68. The molecule has 5 nitrogen and oxygen atoms in total. The summed E-state index contributed by atoms with van der Waals surface area (Å²) in [6.45, 7) is 3.55. The van der Waals surface area contributed by atoms with Crippen molar-refractivity contribution in [1.82, 2.24) is 0 Å². The van der Waals surface area contributed by atoms with Gasteiger partial charge in [0.05, 0.1) is 6.10 Å². The van der Waals surface area contributed by atoms with Gasteiger partial charge in [0.15, 0.2) is 5.78 Å². The quantitative estimate of drug-likeness (QED) is 0.606. The van der Waals surface area contributed by atoms with Crippen molar-refractivity contribution in [2.24, 2.45) is 28.6 Å². The minimum atomic E-state index is -1.52. The van der Waals surface area contributed by atoms with Crippen LogP contribution in [0.25, 0.3) is 0 Å². The summed E-state index contributed by atoms with van der Waals surface area (Å²) in [7, 11) is 0. The van der Waals surface area contributed by atoms with Gasteiger partial charge in [-0.25, -0.2) is 0 Å². The maximum Gasteiger partial charge on any atom is 0.190 e. The standard InChI is InChI=1S/C21H31NO4/c1-19-7-5-13(22)9-12(19)3-4-14-15-6-8-21(26,17(25)11-23)20(15,2)10-16(24)18(14)19/h9,14-16,18,22-24,26H,3-8,10-11H2,1-2H3/t14-,15-,16-,18+,19-,20-,21-/m0/s1. The van der Waals surface area contributed by atoms with Crippen molar-refractivity contribution in [3.63, 3.8) is 0 Å². The maximum atomic E-state index is 12.4. The Morgan fingerprint density at radius 2 is 2.00 bits per heavy atom. The number of aliphatic hydroxyl groups excluding tert-OH is 2. The SMILES string of the molecule is C[C@]12CCC(=N)C=C1CC[C@@H]1[C@@H]2[C@@H](O)C[C@@]2(C)[C@H]1CC[C@]2(O)C(=O)CO. The molecule has 0 spiro atoms. The van der Waals surface area contributed by atoms with Crippen LogP contribution in [-0.2, 0) is 4.79 Å². The maximum absolute atomic E-state index is 12.4. The Hall–Kier alpha value is -1.04. The third-order valence-corrected chi connectivity index (χ3v) is 8.69. The number of ketones is 1. The second kappa shape index (κ2) is 5.73. The molecule has 3 saturated carbocycles. The molecule has 0 aromatic carbocycles. The van der Waals surface area contributed by atoms with Crippen molar-refractivity contribution in [3.8, 4) is 0 Å². The summed E-state index contributed by atoms with van der Waals surface area (Å²) in [5, 5.41) is 39.8. The van der Waals surface area contributed by atoms with E-state index in [1.165, 1.54) is 5.57 Å². The van der Waals surface area contributed by atoms with Crippen LogP contribution in [0.1, 0.15) is 58.8 Å². The Morgan fingerprint density at radius 1 is 1.27 bits per heavy atom. The predicted molar refractivity (Wildman–Crippen MR) is 97.9 cm³/mol. The van der Waals surface area contributed by atoms with Crippen LogP contribution in [-0.4, -0.2) is 45.1 Å². The summed E-state index contributed by atoms with van der Waals surface area (Å²) in [5.74, 6) is 0.0944. The van der Waals surface area contributed by atoms with Crippen molar-refractivity contribution in [2.45, 2.75) is 70.5 Å². The first-order valence-electron chi connectivity index (χ1n) is 10.0. The number of rotatable bonds is 2. The zero-order chi connectivity index (χ0) is 18.9. The minimum Gasteiger partial charge on any atom is -0.393 e.